The lowest BCUT2D eigenvalue weighted by atomic mass is 10.0. The minimum atomic E-state index is 0.584. The molecule has 0 amide bonds. The van der Waals surface area contributed by atoms with Gasteiger partial charge in [0.05, 0.1) is 0 Å². The minimum absolute atomic E-state index is 0.584. The molecule has 0 saturated heterocycles. The number of hydrogen-bond donors (Lipinski definition) is 1. The molecule has 0 spiro atoms. The van der Waals surface area contributed by atoms with Crippen LogP contribution in [-0.2, 0) is 6.54 Å². The van der Waals surface area contributed by atoms with Crippen LogP contribution < -0.4 is 5.73 Å². The molecule has 2 nitrogen and oxygen atoms in total. The molecule has 1 aromatic carbocycles. The van der Waals surface area contributed by atoms with Crippen LogP contribution in [0.3, 0.4) is 0 Å². The summed E-state index contributed by atoms with van der Waals surface area (Å²) in [5.41, 5.74) is 8.08. The van der Waals surface area contributed by atoms with E-state index in [1.165, 1.54) is 21.9 Å². The Labute approximate surface area is 77.4 Å². The maximum absolute atomic E-state index is 5.65. The molecule has 0 unspecified atom stereocenters. The molecule has 0 aliphatic carbocycles. The molecule has 0 atom stereocenters. The third-order valence-corrected chi connectivity index (χ3v) is 2.35. The van der Waals surface area contributed by atoms with Crippen molar-refractivity contribution in [2.24, 2.45) is 5.73 Å². The summed E-state index contributed by atoms with van der Waals surface area (Å²) >= 11 is 0. The quantitative estimate of drug-likeness (QED) is 0.714. The van der Waals surface area contributed by atoms with Crippen LogP contribution in [0.5, 0.6) is 0 Å². The lowest BCUT2D eigenvalue weighted by Gasteiger charge is -2.05. The van der Waals surface area contributed by atoms with Crippen molar-refractivity contribution in [1.82, 2.24) is 4.98 Å². The highest BCUT2D eigenvalue weighted by molar-refractivity contribution is 5.87. The fraction of sp³-hybridized carbons (Fsp3) is 0.182. The first-order valence-corrected chi connectivity index (χ1v) is 4.35. The van der Waals surface area contributed by atoms with E-state index in [4.69, 9.17) is 5.73 Å². The lowest BCUT2D eigenvalue weighted by molar-refractivity contribution is 1.08. The predicted molar refractivity (Wildman–Crippen MR) is 54.4 cm³/mol. The van der Waals surface area contributed by atoms with E-state index >= 15 is 0 Å². The third-order valence-electron chi connectivity index (χ3n) is 2.35. The van der Waals surface area contributed by atoms with Gasteiger partial charge in [-0.15, -0.1) is 0 Å². The normalized spacial score (nSPS) is 10.6. The molecule has 0 aliphatic rings. The summed E-state index contributed by atoms with van der Waals surface area (Å²) < 4.78 is 0. The van der Waals surface area contributed by atoms with E-state index in [2.05, 4.69) is 24.0 Å². The van der Waals surface area contributed by atoms with Crippen molar-refractivity contribution >= 4 is 10.8 Å². The van der Waals surface area contributed by atoms with Gasteiger partial charge in [-0.05, 0) is 29.5 Å². The summed E-state index contributed by atoms with van der Waals surface area (Å²) in [6, 6.07) is 6.19. The summed E-state index contributed by atoms with van der Waals surface area (Å²) in [6.45, 7) is 2.67. The Bertz CT molecular complexity index is 435. The van der Waals surface area contributed by atoms with Crippen LogP contribution in [0.4, 0.5) is 0 Å². The van der Waals surface area contributed by atoms with Crippen molar-refractivity contribution in [3.8, 4) is 0 Å². The molecular formula is C11H12N2. The maximum Gasteiger partial charge on any atom is 0.0349 e. The number of nitrogens with two attached hydrogens (primary N) is 1. The van der Waals surface area contributed by atoms with Gasteiger partial charge >= 0.3 is 0 Å². The Morgan fingerprint density at radius 1 is 1.23 bits per heavy atom. The van der Waals surface area contributed by atoms with Crippen molar-refractivity contribution in [1.29, 1.82) is 0 Å². The standard InChI is InChI=1S/C11H12N2/c1-8-2-3-9(6-12)10-4-5-13-7-11(8)10/h2-5,7H,6,12H2,1H3. The second-order valence-electron chi connectivity index (χ2n) is 3.17. The average molecular weight is 172 g/mol. The van der Waals surface area contributed by atoms with E-state index in [0.717, 1.165) is 0 Å². The van der Waals surface area contributed by atoms with E-state index in [0.29, 0.717) is 6.54 Å². The number of aromatic nitrogens is 1. The van der Waals surface area contributed by atoms with Crippen molar-refractivity contribution < 1.29 is 0 Å². The molecule has 2 rings (SSSR count). The molecule has 2 aromatic rings. The average Bonchev–Trinajstić information content (AvgIpc) is 2.19. The molecule has 0 bridgehead atoms. The number of nitrogens with zero attached hydrogens (tertiary/aromatic N) is 1. The Morgan fingerprint density at radius 2 is 2.08 bits per heavy atom. The van der Waals surface area contributed by atoms with Crippen molar-refractivity contribution in [3.05, 3.63) is 41.7 Å². The second kappa shape index (κ2) is 3.15. The number of aryl methyl sites for hydroxylation is 1. The van der Waals surface area contributed by atoms with Crippen LogP contribution in [-0.4, -0.2) is 4.98 Å². The van der Waals surface area contributed by atoms with Gasteiger partial charge in [-0.3, -0.25) is 4.98 Å². The van der Waals surface area contributed by atoms with Gasteiger partial charge in [-0.25, -0.2) is 0 Å². The maximum atomic E-state index is 5.65. The monoisotopic (exact) mass is 172 g/mol. The van der Waals surface area contributed by atoms with Crippen LogP contribution in [0.2, 0.25) is 0 Å². The molecule has 0 saturated carbocycles. The third kappa shape index (κ3) is 1.29. The highest BCUT2D eigenvalue weighted by Crippen LogP contribution is 2.20. The van der Waals surface area contributed by atoms with E-state index in [1.807, 2.05) is 12.3 Å². The van der Waals surface area contributed by atoms with Gasteiger partial charge in [-0.2, -0.15) is 0 Å². The molecule has 0 radical (unpaired) electrons. The molecule has 0 aliphatic heterocycles. The smallest absolute Gasteiger partial charge is 0.0349 e. The largest absolute Gasteiger partial charge is 0.326 e. The number of hydrogen-bond acceptors (Lipinski definition) is 2. The van der Waals surface area contributed by atoms with E-state index < -0.39 is 0 Å². The van der Waals surface area contributed by atoms with Gasteiger partial charge in [0.15, 0.2) is 0 Å². The second-order valence-corrected chi connectivity index (χ2v) is 3.17. The summed E-state index contributed by atoms with van der Waals surface area (Å²) in [7, 11) is 0. The van der Waals surface area contributed by atoms with Crippen molar-refractivity contribution in [2.75, 3.05) is 0 Å². The first kappa shape index (κ1) is 8.20. The summed E-state index contributed by atoms with van der Waals surface area (Å²) in [5, 5.41) is 2.42. The number of pyridine rings is 1. The van der Waals surface area contributed by atoms with Gasteiger partial charge in [0.25, 0.3) is 0 Å². The fourth-order valence-electron chi connectivity index (χ4n) is 1.57. The predicted octanol–water partition coefficient (Wildman–Crippen LogP) is 2.00. The fourth-order valence-corrected chi connectivity index (χ4v) is 1.57. The highest BCUT2D eigenvalue weighted by Gasteiger charge is 2.00. The van der Waals surface area contributed by atoms with E-state index in [1.54, 1.807) is 6.20 Å². The first-order valence-electron chi connectivity index (χ1n) is 4.35. The summed E-state index contributed by atoms with van der Waals surface area (Å²) in [6.07, 6.45) is 3.70. The Balaban J connectivity index is 2.84. The molecular weight excluding hydrogens is 160 g/mol. The zero-order valence-electron chi connectivity index (χ0n) is 7.62. The topological polar surface area (TPSA) is 38.9 Å². The van der Waals surface area contributed by atoms with Gasteiger partial charge in [-0.1, -0.05) is 12.1 Å². The van der Waals surface area contributed by atoms with E-state index in [-0.39, 0.29) is 0 Å². The van der Waals surface area contributed by atoms with Crippen LogP contribution in [0.1, 0.15) is 11.1 Å². The van der Waals surface area contributed by atoms with Gasteiger partial charge in [0.1, 0.15) is 0 Å². The lowest BCUT2D eigenvalue weighted by Crippen LogP contribution is -1.97. The van der Waals surface area contributed by atoms with Crippen LogP contribution >= 0.6 is 0 Å². The molecule has 1 aromatic heterocycles. The molecule has 66 valence electrons. The van der Waals surface area contributed by atoms with Crippen LogP contribution in [0.15, 0.2) is 30.6 Å². The van der Waals surface area contributed by atoms with Crippen LogP contribution in [0, 0.1) is 6.92 Å². The Morgan fingerprint density at radius 3 is 2.85 bits per heavy atom. The number of fused-ring (bicyclic) bond motifs is 1. The Hall–Kier alpha value is -1.41. The van der Waals surface area contributed by atoms with Crippen molar-refractivity contribution in [2.45, 2.75) is 13.5 Å². The molecule has 0 fully saturated rings. The Kier molecular flexibility index (Phi) is 1.99. The summed E-state index contributed by atoms with van der Waals surface area (Å²) in [4.78, 5) is 4.11. The minimum Gasteiger partial charge on any atom is -0.326 e. The van der Waals surface area contributed by atoms with E-state index in [9.17, 15) is 0 Å². The highest BCUT2D eigenvalue weighted by atomic mass is 14.6. The van der Waals surface area contributed by atoms with Gasteiger partial charge in [0, 0.05) is 24.3 Å². The SMILES string of the molecule is Cc1ccc(CN)c2ccncc12. The first-order chi connectivity index (χ1) is 6.33. The van der Waals surface area contributed by atoms with Crippen molar-refractivity contribution in [3.63, 3.8) is 0 Å². The zero-order valence-corrected chi connectivity index (χ0v) is 7.62. The van der Waals surface area contributed by atoms with Gasteiger partial charge in [0.2, 0.25) is 0 Å². The molecule has 1 heterocycles. The molecule has 2 N–H and O–H groups in total. The zero-order chi connectivity index (χ0) is 9.26. The summed E-state index contributed by atoms with van der Waals surface area (Å²) in [5.74, 6) is 0. The van der Waals surface area contributed by atoms with Crippen LogP contribution in [0.25, 0.3) is 10.8 Å². The number of benzene rings is 1. The number of rotatable bonds is 1. The van der Waals surface area contributed by atoms with Gasteiger partial charge < -0.3 is 5.73 Å². The molecule has 13 heavy (non-hydrogen) atoms. The molecule has 2 heteroatoms.